The lowest BCUT2D eigenvalue weighted by atomic mass is 10.1. The van der Waals surface area contributed by atoms with Gasteiger partial charge in [-0.1, -0.05) is 12.1 Å². The summed E-state index contributed by atoms with van der Waals surface area (Å²) >= 11 is 3.30. The van der Waals surface area contributed by atoms with Gasteiger partial charge in [0.1, 0.15) is 5.60 Å². The minimum atomic E-state index is -3.40. The van der Waals surface area contributed by atoms with Crippen molar-refractivity contribution < 1.29 is 17.9 Å². The highest BCUT2D eigenvalue weighted by atomic mass is 79.9. The maximum absolute atomic E-state index is 12.7. The van der Waals surface area contributed by atoms with E-state index in [2.05, 4.69) is 15.9 Å². The second kappa shape index (κ2) is 6.81. The molecule has 0 saturated carbocycles. The van der Waals surface area contributed by atoms with Crippen molar-refractivity contribution in [2.45, 2.75) is 49.4 Å². The Hall–Kier alpha value is -1.08. The molecule has 0 N–H and O–H groups in total. The van der Waals surface area contributed by atoms with Crippen LogP contribution in [0.3, 0.4) is 0 Å². The molecule has 5 nitrogen and oxygen atoms in total. The standard InChI is InChI=1S/C16H22BrNO4S/c1-16(2,3)22-15(19)18-10-8-12(9-11-18)23(20,21)14-7-5-4-6-13(14)17/h4-7,12H,8-11H2,1-3H3. The molecule has 1 heterocycles. The number of benzene rings is 1. The van der Waals surface area contributed by atoms with E-state index in [-0.39, 0.29) is 6.09 Å². The van der Waals surface area contributed by atoms with Crippen LogP contribution < -0.4 is 0 Å². The monoisotopic (exact) mass is 403 g/mol. The Morgan fingerprint density at radius 3 is 2.30 bits per heavy atom. The molecule has 0 radical (unpaired) electrons. The average molecular weight is 404 g/mol. The number of halogens is 1. The third-order valence-electron chi connectivity index (χ3n) is 3.68. The summed E-state index contributed by atoms with van der Waals surface area (Å²) in [5, 5.41) is -0.472. The summed E-state index contributed by atoms with van der Waals surface area (Å²) < 4.78 is 31.4. The molecule has 1 aliphatic rings. The number of amides is 1. The van der Waals surface area contributed by atoms with Gasteiger partial charge in [0.05, 0.1) is 10.1 Å². The van der Waals surface area contributed by atoms with Crippen molar-refractivity contribution in [2.24, 2.45) is 0 Å². The summed E-state index contributed by atoms with van der Waals surface area (Å²) in [6.07, 6.45) is 0.459. The van der Waals surface area contributed by atoms with Gasteiger partial charge < -0.3 is 9.64 Å². The van der Waals surface area contributed by atoms with Crippen molar-refractivity contribution in [3.63, 3.8) is 0 Å². The Balaban J connectivity index is 2.04. The van der Waals surface area contributed by atoms with E-state index in [9.17, 15) is 13.2 Å². The van der Waals surface area contributed by atoms with Gasteiger partial charge in [-0.2, -0.15) is 0 Å². The highest BCUT2D eigenvalue weighted by molar-refractivity contribution is 9.10. The van der Waals surface area contributed by atoms with Gasteiger partial charge in [0.15, 0.2) is 9.84 Å². The smallest absolute Gasteiger partial charge is 0.410 e. The molecule has 1 amide bonds. The highest BCUT2D eigenvalue weighted by Gasteiger charge is 2.34. The number of piperidine rings is 1. The van der Waals surface area contributed by atoms with Gasteiger partial charge in [-0.15, -0.1) is 0 Å². The minimum Gasteiger partial charge on any atom is -0.444 e. The predicted octanol–water partition coefficient (Wildman–Crippen LogP) is 3.62. The second-order valence-corrected chi connectivity index (χ2v) is 9.69. The highest BCUT2D eigenvalue weighted by Crippen LogP contribution is 2.29. The first kappa shape index (κ1) is 18.3. The molecule has 0 atom stereocenters. The van der Waals surface area contributed by atoms with E-state index in [1.807, 2.05) is 20.8 Å². The molecule has 1 aromatic carbocycles. The van der Waals surface area contributed by atoms with Crippen LogP contribution in [0.4, 0.5) is 4.79 Å². The number of likely N-dealkylation sites (tertiary alicyclic amines) is 1. The van der Waals surface area contributed by atoms with Crippen LogP contribution in [0.2, 0.25) is 0 Å². The number of carbonyl (C=O) groups is 1. The first-order valence-electron chi connectivity index (χ1n) is 7.57. The molecule has 1 fully saturated rings. The van der Waals surface area contributed by atoms with Crippen molar-refractivity contribution in [1.29, 1.82) is 0 Å². The van der Waals surface area contributed by atoms with Gasteiger partial charge in [-0.05, 0) is 61.7 Å². The van der Waals surface area contributed by atoms with Gasteiger partial charge in [-0.25, -0.2) is 13.2 Å². The molecular weight excluding hydrogens is 382 g/mol. The Bertz CT molecular complexity index is 674. The lowest BCUT2D eigenvalue weighted by Gasteiger charge is -2.33. The molecule has 0 aliphatic carbocycles. The first-order valence-corrected chi connectivity index (χ1v) is 9.91. The summed E-state index contributed by atoms with van der Waals surface area (Å²) in [5.41, 5.74) is -0.547. The Labute approximate surface area is 146 Å². The molecule has 0 aromatic heterocycles. The average Bonchev–Trinajstić information content (AvgIpc) is 2.46. The quantitative estimate of drug-likeness (QED) is 0.755. The molecular formula is C16H22BrNO4S. The lowest BCUT2D eigenvalue weighted by Crippen LogP contribution is -2.44. The van der Waals surface area contributed by atoms with E-state index >= 15 is 0 Å². The molecule has 0 spiro atoms. The van der Waals surface area contributed by atoms with Crippen molar-refractivity contribution in [3.05, 3.63) is 28.7 Å². The van der Waals surface area contributed by atoms with Crippen molar-refractivity contribution in [3.8, 4) is 0 Å². The van der Waals surface area contributed by atoms with Crippen molar-refractivity contribution in [2.75, 3.05) is 13.1 Å². The fourth-order valence-corrected chi connectivity index (χ4v) is 5.29. The van der Waals surface area contributed by atoms with Gasteiger partial charge in [0.2, 0.25) is 0 Å². The topological polar surface area (TPSA) is 63.7 Å². The number of ether oxygens (including phenoxy) is 1. The molecule has 1 aliphatic heterocycles. The zero-order chi connectivity index (χ0) is 17.3. The van der Waals surface area contributed by atoms with Crippen LogP contribution in [0.25, 0.3) is 0 Å². The van der Waals surface area contributed by atoms with Crippen LogP contribution in [-0.2, 0) is 14.6 Å². The Morgan fingerprint density at radius 2 is 1.78 bits per heavy atom. The van der Waals surface area contributed by atoms with Crippen molar-refractivity contribution >= 4 is 31.9 Å². The second-order valence-electron chi connectivity index (χ2n) is 6.64. The maximum atomic E-state index is 12.7. The summed E-state index contributed by atoms with van der Waals surface area (Å²) in [4.78, 5) is 13.9. The molecule has 7 heteroatoms. The van der Waals surface area contributed by atoms with E-state index in [0.29, 0.717) is 35.3 Å². The van der Waals surface area contributed by atoms with Crippen LogP contribution in [0.5, 0.6) is 0 Å². The van der Waals surface area contributed by atoms with Gasteiger partial charge in [0.25, 0.3) is 0 Å². The van der Waals surface area contributed by atoms with E-state index in [1.165, 1.54) is 0 Å². The summed E-state index contributed by atoms with van der Waals surface area (Å²) in [6.45, 7) is 6.23. The van der Waals surface area contributed by atoms with Crippen LogP contribution >= 0.6 is 15.9 Å². The minimum absolute atomic E-state index is 0.315. The molecule has 128 valence electrons. The van der Waals surface area contributed by atoms with E-state index < -0.39 is 20.7 Å². The van der Waals surface area contributed by atoms with Crippen LogP contribution in [0.1, 0.15) is 33.6 Å². The van der Waals surface area contributed by atoms with Gasteiger partial charge >= 0.3 is 6.09 Å². The van der Waals surface area contributed by atoms with Gasteiger partial charge in [-0.3, -0.25) is 0 Å². The molecule has 2 rings (SSSR count). The lowest BCUT2D eigenvalue weighted by molar-refractivity contribution is 0.0217. The van der Waals surface area contributed by atoms with Crippen LogP contribution in [-0.4, -0.2) is 43.4 Å². The number of rotatable bonds is 2. The van der Waals surface area contributed by atoms with Gasteiger partial charge in [0, 0.05) is 17.6 Å². The summed E-state index contributed by atoms with van der Waals surface area (Å²) in [5.74, 6) is 0. The predicted molar refractivity (Wildman–Crippen MR) is 92.2 cm³/mol. The molecule has 0 bridgehead atoms. The zero-order valence-electron chi connectivity index (χ0n) is 13.6. The third-order valence-corrected chi connectivity index (χ3v) is 6.95. The van der Waals surface area contributed by atoms with Crippen molar-refractivity contribution in [1.82, 2.24) is 4.90 Å². The third kappa shape index (κ3) is 4.47. The zero-order valence-corrected chi connectivity index (χ0v) is 16.0. The van der Waals surface area contributed by atoms with E-state index in [0.717, 1.165) is 0 Å². The normalized spacial score (nSPS) is 17.1. The molecule has 23 heavy (non-hydrogen) atoms. The number of hydrogen-bond donors (Lipinski definition) is 0. The summed E-state index contributed by atoms with van der Waals surface area (Å²) in [7, 11) is -3.40. The Kier molecular flexibility index (Phi) is 5.41. The first-order chi connectivity index (χ1) is 10.6. The SMILES string of the molecule is CC(C)(C)OC(=O)N1CCC(S(=O)(=O)c2ccccc2Br)CC1. The largest absolute Gasteiger partial charge is 0.444 e. The molecule has 1 saturated heterocycles. The van der Waals surface area contributed by atoms with Crippen LogP contribution in [0, 0.1) is 0 Å². The Morgan fingerprint density at radius 1 is 1.22 bits per heavy atom. The fraction of sp³-hybridized carbons (Fsp3) is 0.562. The number of carbonyl (C=O) groups excluding carboxylic acids is 1. The molecule has 0 unspecified atom stereocenters. The maximum Gasteiger partial charge on any atom is 0.410 e. The summed E-state index contributed by atoms with van der Waals surface area (Å²) in [6, 6.07) is 6.84. The number of hydrogen-bond acceptors (Lipinski definition) is 4. The number of sulfone groups is 1. The fourth-order valence-electron chi connectivity index (χ4n) is 2.53. The van der Waals surface area contributed by atoms with E-state index in [4.69, 9.17) is 4.74 Å². The molecule has 1 aromatic rings. The number of nitrogens with zero attached hydrogens (tertiary/aromatic N) is 1. The van der Waals surface area contributed by atoms with E-state index in [1.54, 1.807) is 29.2 Å². The van der Waals surface area contributed by atoms with Crippen LogP contribution in [0.15, 0.2) is 33.6 Å².